The fourth-order valence-corrected chi connectivity index (χ4v) is 1.85. The second-order valence-corrected chi connectivity index (χ2v) is 3.89. The Balaban J connectivity index is 2.03. The number of imidazole rings is 1. The molecule has 0 amide bonds. The molecule has 0 saturated carbocycles. The van der Waals surface area contributed by atoms with Crippen LogP contribution in [-0.2, 0) is 16.1 Å². The quantitative estimate of drug-likeness (QED) is 0.808. The minimum absolute atomic E-state index is 0.179. The van der Waals surface area contributed by atoms with Crippen molar-refractivity contribution < 1.29 is 9.53 Å². The highest BCUT2D eigenvalue weighted by atomic mass is 16.5. The second-order valence-electron chi connectivity index (χ2n) is 3.89. The molecular weight excluding hydrogens is 232 g/mol. The first-order valence-electron chi connectivity index (χ1n) is 5.93. The summed E-state index contributed by atoms with van der Waals surface area (Å²) in [6.07, 6.45) is 4.44. The molecule has 2 rings (SSSR count). The van der Waals surface area contributed by atoms with Crippen LogP contribution in [0.15, 0.2) is 18.5 Å². The van der Waals surface area contributed by atoms with E-state index in [1.165, 1.54) is 0 Å². The zero-order valence-electron chi connectivity index (χ0n) is 10.3. The molecule has 6 nitrogen and oxygen atoms in total. The number of pyridine rings is 1. The zero-order valence-corrected chi connectivity index (χ0v) is 10.3. The number of aryl methyl sites for hydroxylation is 1. The Morgan fingerprint density at radius 1 is 1.56 bits per heavy atom. The molecule has 0 aliphatic rings. The second kappa shape index (κ2) is 5.48. The van der Waals surface area contributed by atoms with Gasteiger partial charge in [-0.05, 0) is 19.4 Å². The standard InChI is InChI=1S/C12H16N4O2/c1-2-18-11(17)4-3-7-16-10-5-6-14-8-9(10)15-12(16)13/h5-6,8H,2-4,7H2,1H3,(H2,13,15). The van der Waals surface area contributed by atoms with E-state index >= 15 is 0 Å². The Kier molecular flexibility index (Phi) is 3.76. The number of hydrogen-bond donors (Lipinski definition) is 1. The first-order chi connectivity index (χ1) is 8.72. The van der Waals surface area contributed by atoms with Crippen molar-refractivity contribution >= 4 is 23.0 Å². The molecule has 0 atom stereocenters. The van der Waals surface area contributed by atoms with E-state index in [0.717, 1.165) is 11.0 Å². The molecule has 2 aromatic heterocycles. The number of esters is 1. The molecule has 0 spiro atoms. The summed E-state index contributed by atoms with van der Waals surface area (Å²) in [7, 11) is 0. The van der Waals surface area contributed by atoms with Crippen LogP contribution in [-0.4, -0.2) is 27.1 Å². The van der Waals surface area contributed by atoms with Crippen molar-refractivity contribution in [2.24, 2.45) is 0 Å². The predicted molar refractivity (Wildman–Crippen MR) is 67.8 cm³/mol. The molecule has 0 saturated heterocycles. The van der Waals surface area contributed by atoms with Gasteiger partial charge in [-0.3, -0.25) is 9.78 Å². The van der Waals surface area contributed by atoms with Crippen molar-refractivity contribution in [1.82, 2.24) is 14.5 Å². The number of aromatic nitrogens is 3. The summed E-state index contributed by atoms with van der Waals surface area (Å²) < 4.78 is 6.76. The molecule has 0 bridgehead atoms. The van der Waals surface area contributed by atoms with Gasteiger partial charge in [0.25, 0.3) is 0 Å². The van der Waals surface area contributed by atoms with Crippen LogP contribution in [0.5, 0.6) is 0 Å². The molecule has 2 aromatic rings. The molecular formula is C12H16N4O2. The molecule has 0 aliphatic heterocycles. The maximum Gasteiger partial charge on any atom is 0.305 e. The molecule has 18 heavy (non-hydrogen) atoms. The number of ether oxygens (including phenoxy) is 1. The molecule has 96 valence electrons. The van der Waals surface area contributed by atoms with Gasteiger partial charge in [0, 0.05) is 19.2 Å². The van der Waals surface area contributed by atoms with Gasteiger partial charge in [-0.15, -0.1) is 0 Å². The van der Waals surface area contributed by atoms with Gasteiger partial charge in [-0.1, -0.05) is 0 Å². The van der Waals surface area contributed by atoms with E-state index in [2.05, 4.69) is 9.97 Å². The van der Waals surface area contributed by atoms with Gasteiger partial charge in [0.15, 0.2) is 0 Å². The Labute approximate surface area is 105 Å². The summed E-state index contributed by atoms with van der Waals surface area (Å²) >= 11 is 0. The lowest BCUT2D eigenvalue weighted by Gasteiger charge is -2.06. The van der Waals surface area contributed by atoms with Gasteiger partial charge in [0.2, 0.25) is 5.95 Å². The van der Waals surface area contributed by atoms with Gasteiger partial charge in [-0.25, -0.2) is 4.98 Å². The van der Waals surface area contributed by atoms with E-state index in [1.807, 2.05) is 10.6 Å². The van der Waals surface area contributed by atoms with Gasteiger partial charge >= 0.3 is 5.97 Å². The summed E-state index contributed by atoms with van der Waals surface area (Å²) in [5.74, 6) is 0.268. The highest BCUT2D eigenvalue weighted by molar-refractivity contribution is 5.77. The summed E-state index contributed by atoms with van der Waals surface area (Å²) in [6, 6.07) is 1.86. The van der Waals surface area contributed by atoms with Crippen LogP contribution in [0.3, 0.4) is 0 Å². The maximum atomic E-state index is 11.2. The Bertz CT molecular complexity index is 550. The van der Waals surface area contributed by atoms with E-state index in [1.54, 1.807) is 19.3 Å². The van der Waals surface area contributed by atoms with Gasteiger partial charge in [0.1, 0.15) is 5.52 Å². The van der Waals surface area contributed by atoms with Crippen LogP contribution in [0.2, 0.25) is 0 Å². The molecule has 0 unspecified atom stereocenters. The van der Waals surface area contributed by atoms with E-state index in [0.29, 0.717) is 31.9 Å². The van der Waals surface area contributed by atoms with Crippen molar-refractivity contribution in [3.63, 3.8) is 0 Å². The average Bonchev–Trinajstić information content (AvgIpc) is 2.66. The van der Waals surface area contributed by atoms with Gasteiger partial charge in [-0.2, -0.15) is 0 Å². The first-order valence-corrected chi connectivity index (χ1v) is 5.93. The number of carbonyl (C=O) groups excluding carboxylic acids is 1. The first kappa shape index (κ1) is 12.3. The van der Waals surface area contributed by atoms with E-state index in [4.69, 9.17) is 10.5 Å². The highest BCUT2D eigenvalue weighted by Crippen LogP contribution is 2.17. The predicted octanol–water partition coefficient (Wildman–Crippen LogP) is 1.36. The van der Waals surface area contributed by atoms with Crippen LogP contribution in [0.1, 0.15) is 19.8 Å². The fourth-order valence-electron chi connectivity index (χ4n) is 1.85. The van der Waals surface area contributed by atoms with Crippen molar-refractivity contribution in [3.8, 4) is 0 Å². The van der Waals surface area contributed by atoms with Crippen LogP contribution in [0.4, 0.5) is 5.95 Å². The Hall–Kier alpha value is -2.11. The van der Waals surface area contributed by atoms with Crippen LogP contribution < -0.4 is 5.73 Å². The smallest absolute Gasteiger partial charge is 0.305 e. The Morgan fingerprint density at radius 2 is 2.39 bits per heavy atom. The van der Waals surface area contributed by atoms with E-state index in [9.17, 15) is 4.79 Å². The molecule has 0 aliphatic carbocycles. The average molecular weight is 248 g/mol. The number of fused-ring (bicyclic) bond motifs is 1. The molecule has 0 aromatic carbocycles. The largest absolute Gasteiger partial charge is 0.466 e. The lowest BCUT2D eigenvalue weighted by Crippen LogP contribution is -2.08. The number of nitrogens with zero attached hydrogens (tertiary/aromatic N) is 3. The van der Waals surface area contributed by atoms with E-state index in [-0.39, 0.29) is 5.97 Å². The van der Waals surface area contributed by atoms with Crippen LogP contribution in [0.25, 0.3) is 11.0 Å². The number of nitrogens with two attached hydrogens (primary N) is 1. The number of carbonyl (C=O) groups is 1. The minimum atomic E-state index is -0.179. The van der Waals surface area contributed by atoms with Crippen LogP contribution in [0, 0.1) is 0 Å². The molecule has 2 heterocycles. The van der Waals surface area contributed by atoms with Crippen molar-refractivity contribution in [2.45, 2.75) is 26.3 Å². The number of hydrogen-bond acceptors (Lipinski definition) is 5. The lowest BCUT2D eigenvalue weighted by molar-refractivity contribution is -0.143. The summed E-state index contributed by atoms with van der Waals surface area (Å²) in [5.41, 5.74) is 7.54. The summed E-state index contributed by atoms with van der Waals surface area (Å²) in [5, 5.41) is 0. The summed E-state index contributed by atoms with van der Waals surface area (Å²) in [4.78, 5) is 19.4. The Morgan fingerprint density at radius 3 is 3.17 bits per heavy atom. The molecule has 2 N–H and O–H groups in total. The maximum absolute atomic E-state index is 11.2. The highest BCUT2D eigenvalue weighted by Gasteiger charge is 2.08. The topological polar surface area (TPSA) is 83.0 Å². The van der Waals surface area contributed by atoms with Crippen molar-refractivity contribution in [2.75, 3.05) is 12.3 Å². The number of anilines is 1. The van der Waals surface area contributed by atoms with Crippen molar-refractivity contribution in [3.05, 3.63) is 18.5 Å². The minimum Gasteiger partial charge on any atom is -0.466 e. The van der Waals surface area contributed by atoms with Gasteiger partial charge < -0.3 is 15.0 Å². The molecule has 0 radical (unpaired) electrons. The SMILES string of the molecule is CCOC(=O)CCCn1c(N)nc2cnccc21. The molecule has 6 heteroatoms. The third kappa shape index (κ3) is 2.58. The third-order valence-corrected chi connectivity index (χ3v) is 2.65. The number of nitrogen functional groups attached to an aromatic ring is 1. The zero-order chi connectivity index (χ0) is 13.0. The number of rotatable bonds is 5. The van der Waals surface area contributed by atoms with E-state index < -0.39 is 0 Å². The van der Waals surface area contributed by atoms with Crippen LogP contribution >= 0.6 is 0 Å². The monoisotopic (exact) mass is 248 g/mol. The molecule has 0 fully saturated rings. The fraction of sp³-hybridized carbons (Fsp3) is 0.417. The van der Waals surface area contributed by atoms with Crippen molar-refractivity contribution in [1.29, 1.82) is 0 Å². The van der Waals surface area contributed by atoms with Gasteiger partial charge in [0.05, 0.1) is 18.3 Å². The summed E-state index contributed by atoms with van der Waals surface area (Å²) in [6.45, 7) is 2.86. The lowest BCUT2D eigenvalue weighted by atomic mass is 10.3. The normalized spacial score (nSPS) is 10.7. The third-order valence-electron chi connectivity index (χ3n) is 2.65.